The van der Waals surface area contributed by atoms with E-state index >= 15 is 0 Å². The second kappa shape index (κ2) is 10.8. The number of carboxylic acids is 1. The van der Waals surface area contributed by atoms with Crippen LogP contribution in [0, 0.1) is 6.92 Å². The average Bonchev–Trinajstić information content (AvgIpc) is 3.24. The highest BCUT2D eigenvalue weighted by Crippen LogP contribution is 2.36. The van der Waals surface area contributed by atoms with E-state index in [-0.39, 0.29) is 18.9 Å². The highest BCUT2D eigenvalue weighted by molar-refractivity contribution is 7.12. The lowest BCUT2D eigenvalue weighted by Crippen LogP contribution is -2.59. The third-order valence-corrected chi connectivity index (χ3v) is 6.94. The molecule has 4 N–H and O–H groups in total. The number of thiophene rings is 1. The third kappa shape index (κ3) is 5.47. The molecule has 0 bridgehead atoms. The van der Waals surface area contributed by atoms with Gasteiger partial charge in [-0.15, -0.1) is 11.3 Å². The normalized spacial score (nSPS) is 18.1. The molecule has 0 spiro atoms. The van der Waals surface area contributed by atoms with E-state index in [2.05, 4.69) is 20.6 Å². The number of nitrogens with zero attached hydrogens (tertiary/aromatic N) is 2. The van der Waals surface area contributed by atoms with E-state index < -0.39 is 23.6 Å². The minimum absolute atomic E-state index is 0.266. The maximum Gasteiger partial charge on any atom is 0.333 e. The van der Waals surface area contributed by atoms with Crippen molar-refractivity contribution < 1.29 is 29.3 Å². The lowest BCUT2D eigenvalue weighted by Gasteiger charge is -2.36. The third-order valence-electron chi connectivity index (χ3n) is 5.61. The molecule has 1 aliphatic heterocycles. The van der Waals surface area contributed by atoms with Crippen LogP contribution in [0.15, 0.2) is 60.9 Å². The number of carbonyl (C=O) groups is 2. The molecule has 1 aliphatic rings. The molecule has 3 heterocycles. The second-order valence-electron chi connectivity index (χ2n) is 8.12. The van der Waals surface area contributed by atoms with Crippen molar-refractivity contribution >= 4 is 23.2 Å². The van der Waals surface area contributed by atoms with Crippen LogP contribution in [0.4, 0.5) is 0 Å². The van der Waals surface area contributed by atoms with E-state index in [1.165, 1.54) is 17.7 Å². The van der Waals surface area contributed by atoms with Gasteiger partial charge in [-0.3, -0.25) is 4.79 Å². The molecule has 0 saturated heterocycles. The zero-order chi connectivity index (χ0) is 25.7. The maximum absolute atomic E-state index is 12.3. The lowest BCUT2D eigenvalue weighted by atomic mass is 10.0. The van der Waals surface area contributed by atoms with Crippen LogP contribution in [0.2, 0.25) is 0 Å². The van der Waals surface area contributed by atoms with Crippen molar-refractivity contribution in [1.82, 2.24) is 20.6 Å². The number of aliphatic hydroxyl groups excluding tert-OH is 1. The minimum Gasteiger partial charge on any atom is -0.495 e. The number of hydrogen-bond donors (Lipinski definition) is 4. The summed E-state index contributed by atoms with van der Waals surface area (Å²) in [6, 6.07) is 10.8. The summed E-state index contributed by atoms with van der Waals surface area (Å²) in [6.45, 7) is 4.31. The first-order chi connectivity index (χ1) is 17.3. The summed E-state index contributed by atoms with van der Waals surface area (Å²) in [5.74, 6) is -1.08. The Bertz CT molecular complexity index is 1260. The molecule has 36 heavy (non-hydrogen) atoms. The lowest BCUT2D eigenvalue weighted by molar-refractivity contribution is -0.150. The maximum atomic E-state index is 12.3. The number of benzene rings is 1. The second-order valence-corrected chi connectivity index (χ2v) is 9.26. The molecule has 1 amide bonds. The summed E-state index contributed by atoms with van der Waals surface area (Å²) in [5, 5.41) is 25.3. The monoisotopic (exact) mass is 510 g/mol. The van der Waals surface area contributed by atoms with Crippen molar-refractivity contribution in [2.75, 3.05) is 6.61 Å². The van der Waals surface area contributed by atoms with E-state index in [4.69, 9.17) is 9.47 Å². The molecule has 3 aromatic rings. The average molecular weight is 511 g/mol. The zero-order valence-corrected chi connectivity index (χ0v) is 20.5. The molecule has 2 atom stereocenters. The number of carboxylic acid groups (broad SMARTS) is 1. The SMILES string of the molecule is CCOC(Cc1ccc(OCc2sc(C3(c4ccncn4)NC(=O)C=C(O)N3)cc2C)cc1)C(=O)O. The van der Waals surface area contributed by atoms with Gasteiger partial charge >= 0.3 is 5.97 Å². The molecule has 10 nitrogen and oxygen atoms in total. The van der Waals surface area contributed by atoms with Crippen molar-refractivity contribution in [2.24, 2.45) is 0 Å². The van der Waals surface area contributed by atoms with Gasteiger partial charge in [0.15, 0.2) is 17.6 Å². The molecule has 0 saturated carbocycles. The van der Waals surface area contributed by atoms with Crippen LogP contribution in [0.5, 0.6) is 5.75 Å². The first kappa shape index (κ1) is 25.1. The Kier molecular flexibility index (Phi) is 7.51. The van der Waals surface area contributed by atoms with Crippen molar-refractivity contribution in [3.05, 3.63) is 87.5 Å². The van der Waals surface area contributed by atoms with Crippen molar-refractivity contribution in [3.63, 3.8) is 0 Å². The van der Waals surface area contributed by atoms with E-state index in [0.717, 1.165) is 27.0 Å². The Morgan fingerprint density at radius 3 is 2.64 bits per heavy atom. The van der Waals surface area contributed by atoms with Gasteiger partial charge in [0, 0.05) is 24.1 Å². The van der Waals surface area contributed by atoms with Gasteiger partial charge in [0.2, 0.25) is 0 Å². The van der Waals surface area contributed by atoms with Crippen LogP contribution < -0.4 is 15.4 Å². The first-order valence-corrected chi connectivity index (χ1v) is 12.1. The Morgan fingerprint density at radius 1 is 1.22 bits per heavy atom. The van der Waals surface area contributed by atoms with Crippen LogP contribution in [0.3, 0.4) is 0 Å². The quantitative estimate of drug-likeness (QED) is 0.324. The minimum atomic E-state index is -1.25. The van der Waals surface area contributed by atoms with Gasteiger partial charge in [0.25, 0.3) is 5.91 Å². The summed E-state index contributed by atoms with van der Waals surface area (Å²) in [7, 11) is 0. The number of aryl methyl sites for hydroxylation is 1. The highest BCUT2D eigenvalue weighted by Gasteiger charge is 2.42. The van der Waals surface area contributed by atoms with Gasteiger partial charge in [-0.2, -0.15) is 0 Å². The number of rotatable bonds is 10. The Labute approximate surface area is 211 Å². The largest absolute Gasteiger partial charge is 0.495 e. The summed E-state index contributed by atoms with van der Waals surface area (Å²) >= 11 is 1.42. The van der Waals surface area contributed by atoms with Gasteiger partial charge < -0.3 is 30.3 Å². The number of ether oxygens (including phenoxy) is 2. The highest BCUT2D eigenvalue weighted by atomic mass is 32.1. The van der Waals surface area contributed by atoms with E-state index in [1.807, 2.05) is 25.1 Å². The van der Waals surface area contributed by atoms with Crippen LogP contribution in [0.1, 0.15) is 33.5 Å². The smallest absolute Gasteiger partial charge is 0.333 e. The molecule has 0 aliphatic carbocycles. The molecule has 0 fully saturated rings. The van der Waals surface area contributed by atoms with Gasteiger partial charge in [-0.25, -0.2) is 14.8 Å². The Balaban J connectivity index is 1.51. The number of aromatic nitrogens is 2. The number of aliphatic hydroxyl groups is 1. The fourth-order valence-corrected chi connectivity index (χ4v) is 5.04. The number of amides is 1. The number of nitrogens with one attached hydrogen (secondary N) is 2. The number of aliphatic carboxylic acids is 1. The van der Waals surface area contributed by atoms with E-state index in [9.17, 15) is 19.8 Å². The summed E-state index contributed by atoms with van der Waals surface area (Å²) in [6.07, 6.45) is 3.39. The molecular weight excluding hydrogens is 484 g/mol. The predicted octanol–water partition coefficient (Wildman–Crippen LogP) is 2.78. The number of carbonyl (C=O) groups excluding carboxylic acids is 1. The van der Waals surface area contributed by atoms with Crippen LogP contribution in [-0.2, 0) is 33.0 Å². The molecular formula is C25H26N4O6S. The molecule has 4 rings (SSSR count). The van der Waals surface area contributed by atoms with Gasteiger partial charge in [-0.1, -0.05) is 12.1 Å². The van der Waals surface area contributed by atoms with Crippen LogP contribution in [0.25, 0.3) is 0 Å². The Hall–Kier alpha value is -3.96. The zero-order valence-electron chi connectivity index (χ0n) is 19.7. The first-order valence-electron chi connectivity index (χ1n) is 11.2. The molecule has 11 heteroatoms. The fraction of sp³-hybridized carbons (Fsp3) is 0.280. The van der Waals surface area contributed by atoms with Crippen molar-refractivity contribution in [2.45, 2.75) is 38.6 Å². The van der Waals surface area contributed by atoms with Gasteiger partial charge in [0.05, 0.1) is 16.6 Å². The standard InChI is InChI=1S/C25H26N4O6S/c1-3-34-18(24(32)33)11-16-4-6-17(7-5-16)35-13-19-15(2)10-21(36-19)25(20-8-9-26-14-27-20)28-22(30)12-23(31)29-25/h4-10,12,14,18,28,30H,3,11,13H2,1-2H3,(H,29,31)(H,32,33). The summed E-state index contributed by atoms with van der Waals surface area (Å²) < 4.78 is 11.3. The van der Waals surface area contributed by atoms with Crippen molar-refractivity contribution in [3.8, 4) is 5.75 Å². The fourth-order valence-electron chi connectivity index (χ4n) is 3.85. The Morgan fingerprint density at radius 2 is 2.00 bits per heavy atom. The molecule has 188 valence electrons. The van der Waals surface area contributed by atoms with E-state index in [1.54, 1.807) is 31.3 Å². The van der Waals surface area contributed by atoms with E-state index in [0.29, 0.717) is 18.1 Å². The molecule has 0 radical (unpaired) electrons. The van der Waals surface area contributed by atoms with Gasteiger partial charge in [0.1, 0.15) is 18.7 Å². The van der Waals surface area contributed by atoms with Crippen LogP contribution in [-0.4, -0.2) is 44.8 Å². The molecule has 2 aromatic heterocycles. The number of hydrogen-bond acceptors (Lipinski definition) is 9. The topological polar surface area (TPSA) is 143 Å². The molecule has 2 unspecified atom stereocenters. The summed E-state index contributed by atoms with van der Waals surface area (Å²) in [5.41, 5.74) is 0.999. The van der Waals surface area contributed by atoms with Crippen molar-refractivity contribution in [1.29, 1.82) is 0 Å². The molecule has 1 aromatic carbocycles. The van der Waals surface area contributed by atoms with Crippen LogP contribution >= 0.6 is 11.3 Å². The predicted molar refractivity (Wildman–Crippen MR) is 131 cm³/mol. The summed E-state index contributed by atoms with van der Waals surface area (Å²) in [4.78, 5) is 33.5. The van der Waals surface area contributed by atoms with Gasteiger partial charge in [-0.05, 0) is 49.2 Å².